The molecule has 2 N–H and O–H groups in total. The molecule has 0 amide bonds. The topological polar surface area (TPSA) is 52.9 Å². The van der Waals surface area contributed by atoms with E-state index in [1.165, 1.54) is 0 Å². The standard InChI is InChI=1S/C12H16ClNO3/c13-9-1-3-10(4-2-9)17-6-5-14-7-11(15)12(16)8-14/h1-4,11-12,15-16H,5-8H2/t11-,12+. The Balaban J connectivity index is 1.71. The second-order valence-corrected chi connectivity index (χ2v) is 4.63. The molecule has 0 aromatic heterocycles. The first-order chi connectivity index (χ1) is 8.15. The van der Waals surface area contributed by atoms with E-state index in [4.69, 9.17) is 16.3 Å². The minimum atomic E-state index is -0.634. The fourth-order valence-electron chi connectivity index (χ4n) is 1.85. The third kappa shape index (κ3) is 3.57. The number of nitrogens with zero attached hydrogens (tertiary/aromatic N) is 1. The Hall–Kier alpha value is -0.810. The second-order valence-electron chi connectivity index (χ2n) is 4.20. The van der Waals surface area contributed by atoms with Crippen LogP contribution in [0.5, 0.6) is 5.75 Å². The number of benzene rings is 1. The molecule has 1 aromatic carbocycles. The summed E-state index contributed by atoms with van der Waals surface area (Å²) < 4.78 is 5.53. The van der Waals surface area contributed by atoms with Crippen molar-refractivity contribution in [1.29, 1.82) is 0 Å². The first-order valence-electron chi connectivity index (χ1n) is 5.62. The largest absolute Gasteiger partial charge is 0.492 e. The highest BCUT2D eigenvalue weighted by molar-refractivity contribution is 6.30. The Morgan fingerprint density at radius 3 is 2.35 bits per heavy atom. The maximum atomic E-state index is 9.37. The summed E-state index contributed by atoms with van der Waals surface area (Å²) in [4.78, 5) is 1.98. The molecule has 94 valence electrons. The van der Waals surface area contributed by atoms with Gasteiger partial charge < -0.3 is 14.9 Å². The molecular weight excluding hydrogens is 242 g/mol. The zero-order valence-electron chi connectivity index (χ0n) is 9.42. The molecule has 0 radical (unpaired) electrons. The van der Waals surface area contributed by atoms with Gasteiger partial charge in [-0.15, -0.1) is 0 Å². The molecule has 5 heteroatoms. The third-order valence-electron chi connectivity index (χ3n) is 2.82. The van der Waals surface area contributed by atoms with Crippen LogP contribution in [0.3, 0.4) is 0 Å². The molecule has 1 aromatic rings. The van der Waals surface area contributed by atoms with Crippen LogP contribution >= 0.6 is 11.6 Å². The summed E-state index contributed by atoms with van der Waals surface area (Å²) in [6, 6.07) is 7.19. The molecule has 1 heterocycles. The van der Waals surface area contributed by atoms with Crippen LogP contribution in [0.4, 0.5) is 0 Å². The number of hydrogen-bond acceptors (Lipinski definition) is 4. The second kappa shape index (κ2) is 5.69. The SMILES string of the molecule is O[C@@H]1CN(CCOc2ccc(Cl)cc2)C[C@@H]1O. The van der Waals surface area contributed by atoms with Crippen LogP contribution in [-0.2, 0) is 0 Å². The Bertz CT molecular complexity index is 347. The molecule has 17 heavy (non-hydrogen) atoms. The van der Waals surface area contributed by atoms with E-state index >= 15 is 0 Å². The number of hydrogen-bond donors (Lipinski definition) is 2. The average Bonchev–Trinajstić information content (AvgIpc) is 2.61. The quantitative estimate of drug-likeness (QED) is 0.836. The summed E-state index contributed by atoms with van der Waals surface area (Å²) >= 11 is 5.76. The zero-order valence-corrected chi connectivity index (χ0v) is 10.2. The number of aliphatic hydroxyl groups excluding tert-OH is 2. The van der Waals surface area contributed by atoms with Crippen molar-refractivity contribution in [2.45, 2.75) is 12.2 Å². The maximum absolute atomic E-state index is 9.37. The van der Waals surface area contributed by atoms with Gasteiger partial charge in [-0.2, -0.15) is 0 Å². The first-order valence-corrected chi connectivity index (χ1v) is 6.00. The highest BCUT2D eigenvalue weighted by Crippen LogP contribution is 2.15. The minimum Gasteiger partial charge on any atom is -0.492 e. The van der Waals surface area contributed by atoms with Gasteiger partial charge in [-0.1, -0.05) is 11.6 Å². The van der Waals surface area contributed by atoms with Gasteiger partial charge in [-0.05, 0) is 24.3 Å². The van der Waals surface area contributed by atoms with Crippen molar-refractivity contribution in [3.8, 4) is 5.75 Å². The Labute approximate surface area is 105 Å². The third-order valence-corrected chi connectivity index (χ3v) is 3.08. The van der Waals surface area contributed by atoms with Gasteiger partial charge in [0.25, 0.3) is 0 Å². The zero-order chi connectivity index (χ0) is 12.3. The van der Waals surface area contributed by atoms with Gasteiger partial charge in [0.1, 0.15) is 12.4 Å². The number of rotatable bonds is 4. The fraction of sp³-hybridized carbons (Fsp3) is 0.500. The Kier molecular flexibility index (Phi) is 4.23. The van der Waals surface area contributed by atoms with Crippen LogP contribution in [-0.4, -0.2) is 53.6 Å². The van der Waals surface area contributed by atoms with Crippen molar-refractivity contribution in [1.82, 2.24) is 4.90 Å². The van der Waals surface area contributed by atoms with Crippen molar-refractivity contribution in [2.75, 3.05) is 26.2 Å². The Morgan fingerprint density at radius 1 is 1.18 bits per heavy atom. The van der Waals surface area contributed by atoms with Gasteiger partial charge >= 0.3 is 0 Å². The van der Waals surface area contributed by atoms with Crippen LogP contribution < -0.4 is 4.74 Å². The van der Waals surface area contributed by atoms with E-state index in [0.29, 0.717) is 31.3 Å². The number of aliphatic hydroxyl groups is 2. The van der Waals surface area contributed by atoms with E-state index in [1.54, 1.807) is 12.1 Å². The molecule has 0 spiro atoms. The van der Waals surface area contributed by atoms with Crippen LogP contribution in [0.25, 0.3) is 0 Å². The molecule has 4 nitrogen and oxygen atoms in total. The van der Waals surface area contributed by atoms with E-state index in [1.807, 2.05) is 17.0 Å². The monoisotopic (exact) mass is 257 g/mol. The normalized spacial score (nSPS) is 25.1. The van der Waals surface area contributed by atoms with Crippen LogP contribution in [0.1, 0.15) is 0 Å². The van der Waals surface area contributed by atoms with Crippen LogP contribution in [0.15, 0.2) is 24.3 Å². The number of likely N-dealkylation sites (tertiary alicyclic amines) is 1. The van der Waals surface area contributed by atoms with Gasteiger partial charge in [-0.3, -0.25) is 4.90 Å². The van der Waals surface area contributed by atoms with Gasteiger partial charge in [0.15, 0.2) is 0 Å². The smallest absolute Gasteiger partial charge is 0.119 e. The molecule has 1 fully saturated rings. The summed E-state index contributed by atoms with van der Waals surface area (Å²) in [7, 11) is 0. The summed E-state index contributed by atoms with van der Waals surface area (Å²) in [5.41, 5.74) is 0. The molecule has 0 saturated carbocycles. The molecule has 2 rings (SSSR count). The van der Waals surface area contributed by atoms with Gasteiger partial charge in [0, 0.05) is 24.7 Å². The summed E-state index contributed by atoms with van der Waals surface area (Å²) in [6.45, 7) is 2.23. The van der Waals surface area contributed by atoms with Crippen LogP contribution in [0.2, 0.25) is 5.02 Å². The molecular formula is C12H16ClNO3. The average molecular weight is 258 g/mol. The van der Waals surface area contributed by atoms with Gasteiger partial charge in [0.05, 0.1) is 12.2 Å². The van der Waals surface area contributed by atoms with Gasteiger partial charge in [0.2, 0.25) is 0 Å². The van der Waals surface area contributed by atoms with Crippen molar-refractivity contribution in [2.24, 2.45) is 0 Å². The number of β-amino-alcohol motifs (C(OH)–C–C–N with tert-alkyl or cyclic N) is 2. The van der Waals surface area contributed by atoms with Gasteiger partial charge in [-0.25, -0.2) is 0 Å². The van der Waals surface area contributed by atoms with Crippen molar-refractivity contribution in [3.05, 3.63) is 29.3 Å². The lowest BCUT2D eigenvalue weighted by Gasteiger charge is -2.15. The summed E-state index contributed by atoms with van der Waals surface area (Å²) in [5, 5.41) is 19.4. The molecule has 2 atom stereocenters. The van der Waals surface area contributed by atoms with E-state index in [-0.39, 0.29) is 0 Å². The highest BCUT2D eigenvalue weighted by atomic mass is 35.5. The molecule has 0 bridgehead atoms. The molecule has 0 unspecified atom stereocenters. The fourth-order valence-corrected chi connectivity index (χ4v) is 1.98. The predicted molar refractivity (Wildman–Crippen MR) is 65.4 cm³/mol. The lowest BCUT2D eigenvalue weighted by molar-refractivity contribution is 0.0572. The van der Waals surface area contributed by atoms with Crippen molar-refractivity contribution in [3.63, 3.8) is 0 Å². The van der Waals surface area contributed by atoms with E-state index in [2.05, 4.69) is 0 Å². The highest BCUT2D eigenvalue weighted by Gasteiger charge is 2.28. The molecule has 0 aliphatic carbocycles. The summed E-state index contributed by atoms with van der Waals surface area (Å²) in [6.07, 6.45) is -1.27. The molecule has 1 aliphatic heterocycles. The van der Waals surface area contributed by atoms with E-state index in [0.717, 1.165) is 5.75 Å². The molecule has 1 saturated heterocycles. The van der Waals surface area contributed by atoms with Crippen molar-refractivity contribution < 1.29 is 14.9 Å². The maximum Gasteiger partial charge on any atom is 0.119 e. The lowest BCUT2D eigenvalue weighted by Crippen LogP contribution is -2.27. The minimum absolute atomic E-state index is 0.505. The predicted octanol–water partition coefficient (Wildman–Crippen LogP) is 0.756. The van der Waals surface area contributed by atoms with E-state index in [9.17, 15) is 10.2 Å². The summed E-state index contributed by atoms with van der Waals surface area (Å²) in [5.74, 6) is 0.773. The Morgan fingerprint density at radius 2 is 1.76 bits per heavy atom. The lowest BCUT2D eigenvalue weighted by atomic mass is 10.3. The van der Waals surface area contributed by atoms with E-state index < -0.39 is 12.2 Å². The van der Waals surface area contributed by atoms with Crippen molar-refractivity contribution >= 4 is 11.6 Å². The molecule has 1 aliphatic rings. The van der Waals surface area contributed by atoms with Crippen LogP contribution in [0, 0.1) is 0 Å². The first kappa shape index (κ1) is 12.6. The number of halogens is 1. The number of ether oxygens (including phenoxy) is 1.